The highest BCUT2D eigenvalue weighted by molar-refractivity contribution is 5.39. The third-order valence-electron chi connectivity index (χ3n) is 4.83. The van der Waals surface area contributed by atoms with Crippen molar-refractivity contribution in [1.82, 2.24) is 0 Å². The normalized spacial score (nSPS) is 14.0. The molecule has 0 spiro atoms. The van der Waals surface area contributed by atoms with Crippen LogP contribution in [-0.4, -0.2) is 10.2 Å². The first-order chi connectivity index (χ1) is 11.8. The van der Waals surface area contributed by atoms with E-state index in [0.717, 1.165) is 44.1 Å². The lowest BCUT2D eigenvalue weighted by atomic mass is 9.80. The molecule has 25 heavy (non-hydrogen) atoms. The molecule has 138 valence electrons. The van der Waals surface area contributed by atoms with Gasteiger partial charge in [-0.3, -0.25) is 0 Å². The van der Waals surface area contributed by atoms with E-state index in [0.29, 0.717) is 0 Å². The summed E-state index contributed by atoms with van der Waals surface area (Å²) in [4.78, 5) is 0. The maximum absolute atomic E-state index is 9.93. The monoisotopic (exact) mass is 342 g/mol. The predicted octanol–water partition coefficient (Wildman–Crippen LogP) is 6.70. The summed E-state index contributed by atoms with van der Waals surface area (Å²) in [6.07, 6.45) is 12.7. The molecule has 0 aromatic heterocycles. The van der Waals surface area contributed by atoms with Crippen molar-refractivity contribution in [2.45, 2.75) is 66.2 Å². The van der Waals surface area contributed by atoms with Crippen LogP contribution in [0.4, 0.5) is 0 Å². The molecule has 0 aliphatic rings. The Balaban J connectivity index is 2.52. The summed E-state index contributed by atoms with van der Waals surface area (Å²) >= 11 is 0. The summed E-state index contributed by atoms with van der Waals surface area (Å²) in [6.45, 7) is 12.7. The molecule has 1 aromatic rings. The quantitative estimate of drug-likeness (QED) is 0.465. The van der Waals surface area contributed by atoms with Crippen molar-refractivity contribution in [1.29, 1.82) is 0 Å². The fourth-order valence-electron chi connectivity index (χ4n) is 2.85. The van der Waals surface area contributed by atoms with E-state index < -0.39 is 0 Å². The van der Waals surface area contributed by atoms with Crippen LogP contribution in [-0.2, 0) is 6.42 Å². The molecule has 1 rings (SSSR count). The Kier molecular flexibility index (Phi) is 8.54. The number of hydrogen-bond donors (Lipinski definition) is 2. The molecule has 0 fully saturated rings. The lowest BCUT2D eigenvalue weighted by molar-refractivity contribution is 0.360. The number of aryl methyl sites for hydroxylation is 1. The smallest absolute Gasteiger partial charge is 0.122 e. The Hall–Kier alpha value is -1.96. The van der Waals surface area contributed by atoms with Crippen molar-refractivity contribution in [2.75, 3.05) is 0 Å². The van der Waals surface area contributed by atoms with Crippen LogP contribution in [0.15, 0.2) is 54.2 Å². The zero-order valence-electron chi connectivity index (χ0n) is 16.3. The minimum atomic E-state index is 0.0427. The molecule has 1 unspecified atom stereocenters. The lowest BCUT2D eigenvalue weighted by Crippen LogP contribution is -2.14. The fraction of sp³-hybridized carbons (Fsp3) is 0.478. The van der Waals surface area contributed by atoms with Crippen molar-refractivity contribution in [2.24, 2.45) is 5.41 Å². The molecule has 0 amide bonds. The van der Waals surface area contributed by atoms with Gasteiger partial charge < -0.3 is 10.2 Å². The first-order valence-corrected chi connectivity index (χ1v) is 9.19. The molecule has 0 heterocycles. The average molecular weight is 343 g/mol. The van der Waals surface area contributed by atoms with E-state index in [4.69, 9.17) is 0 Å². The maximum atomic E-state index is 9.93. The average Bonchev–Trinajstić information content (AvgIpc) is 2.53. The van der Waals surface area contributed by atoms with Gasteiger partial charge in [0.15, 0.2) is 0 Å². The number of phenols is 2. The molecule has 0 saturated heterocycles. The zero-order chi connectivity index (χ0) is 18.9. The molecule has 0 saturated carbocycles. The topological polar surface area (TPSA) is 40.5 Å². The van der Waals surface area contributed by atoms with Crippen LogP contribution in [0.2, 0.25) is 0 Å². The van der Waals surface area contributed by atoms with Gasteiger partial charge in [0.2, 0.25) is 0 Å². The number of aromatic hydroxyl groups is 2. The van der Waals surface area contributed by atoms with Crippen molar-refractivity contribution in [3.05, 3.63) is 59.7 Å². The van der Waals surface area contributed by atoms with Gasteiger partial charge in [0.1, 0.15) is 11.5 Å². The van der Waals surface area contributed by atoms with Gasteiger partial charge in [-0.2, -0.15) is 0 Å². The van der Waals surface area contributed by atoms with Gasteiger partial charge in [-0.1, -0.05) is 42.4 Å². The Morgan fingerprint density at radius 3 is 2.40 bits per heavy atom. The summed E-state index contributed by atoms with van der Waals surface area (Å²) in [5.41, 5.74) is 3.74. The Bertz CT molecular complexity index is 621. The van der Waals surface area contributed by atoms with E-state index in [1.54, 1.807) is 12.1 Å². The van der Waals surface area contributed by atoms with E-state index >= 15 is 0 Å². The molecule has 2 heteroatoms. The summed E-state index contributed by atoms with van der Waals surface area (Å²) in [7, 11) is 0. The van der Waals surface area contributed by atoms with Crippen LogP contribution >= 0.6 is 0 Å². The first kappa shape index (κ1) is 21.1. The van der Waals surface area contributed by atoms with Crippen molar-refractivity contribution >= 4 is 0 Å². The molecule has 2 N–H and O–H groups in total. The highest BCUT2D eigenvalue weighted by atomic mass is 16.3. The molecule has 0 radical (unpaired) electrons. The van der Waals surface area contributed by atoms with Crippen molar-refractivity contribution in [3.63, 3.8) is 0 Å². The number of phenolic OH excluding ortho intramolecular Hbond substituents is 2. The SMILES string of the molecule is C=CC(C)(CC/C=C(\C)CCC=C(C)C)CCc1ccc(O)cc1O. The second-order valence-electron chi connectivity index (χ2n) is 7.58. The highest BCUT2D eigenvalue weighted by Gasteiger charge is 2.20. The van der Waals surface area contributed by atoms with Crippen molar-refractivity contribution < 1.29 is 10.2 Å². The van der Waals surface area contributed by atoms with Crippen LogP contribution in [0.5, 0.6) is 11.5 Å². The molecule has 0 bridgehead atoms. The first-order valence-electron chi connectivity index (χ1n) is 9.19. The largest absolute Gasteiger partial charge is 0.508 e. The van der Waals surface area contributed by atoms with Gasteiger partial charge in [-0.25, -0.2) is 0 Å². The molecule has 0 aliphatic carbocycles. The molecule has 0 aliphatic heterocycles. The van der Waals surface area contributed by atoms with Crippen LogP contribution in [0.25, 0.3) is 0 Å². The maximum Gasteiger partial charge on any atom is 0.122 e. The van der Waals surface area contributed by atoms with Gasteiger partial charge in [0, 0.05) is 6.07 Å². The fourth-order valence-corrected chi connectivity index (χ4v) is 2.85. The van der Waals surface area contributed by atoms with Crippen LogP contribution in [0.3, 0.4) is 0 Å². The van der Waals surface area contributed by atoms with Crippen LogP contribution < -0.4 is 0 Å². The molecular formula is C23H34O2. The summed E-state index contributed by atoms with van der Waals surface area (Å²) < 4.78 is 0. The van der Waals surface area contributed by atoms with Crippen molar-refractivity contribution in [3.8, 4) is 11.5 Å². The second-order valence-corrected chi connectivity index (χ2v) is 7.58. The number of hydrogen-bond acceptors (Lipinski definition) is 2. The summed E-state index contributed by atoms with van der Waals surface area (Å²) in [5, 5.41) is 19.3. The second kappa shape index (κ2) is 10.1. The van der Waals surface area contributed by atoms with Crippen LogP contribution in [0.1, 0.15) is 65.4 Å². The summed E-state index contributed by atoms with van der Waals surface area (Å²) in [6, 6.07) is 4.82. The summed E-state index contributed by atoms with van der Waals surface area (Å²) in [5.74, 6) is 0.267. The Morgan fingerprint density at radius 1 is 1.08 bits per heavy atom. The van der Waals surface area contributed by atoms with E-state index in [-0.39, 0.29) is 16.9 Å². The predicted molar refractivity (Wildman–Crippen MR) is 108 cm³/mol. The number of allylic oxidation sites excluding steroid dienone is 5. The Labute approximate surface area is 153 Å². The minimum Gasteiger partial charge on any atom is -0.508 e. The number of benzene rings is 1. The third-order valence-corrected chi connectivity index (χ3v) is 4.83. The molecule has 1 atom stereocenters. The molecule has 1 aromatic carbocycles. The van der Waals surface area contributed by atoms with Gasteiger partial charge in [0.05, 0.1) is 0 Å². The van der Waals surface area contributed by atoms with E-state index in [1.807, 2.05) is 6.08 Å². The van der Waals surface area contributed by atoms with Crippen LogP contribution in [0, 0.1) is 5.41 Å². The minimum absolute atomic E-state index is 0.0427. The molecule has 2 nitrogen and oxygen atoms in total. The number of rotatable bonds is 10. The zero-order valence-corrected chi connectivity index (χ0v) is 16.3. The Morgan fingerprint density at radius 2 is 1.80 bits per heavy atom. The van der Waals surface area contributed by atoms with Gasteiger partial charge in [-0.05, 0) is 76.3 Å². The highest BCUT2D eigenvalue weighted by Crippen LogP contribution is 2.33. The van der Waals surface area contributed by atoms with Gasteiger partial charge >= 0.3 is 0 Å². The standard InChI is InChI=1S/C23H34O2/c1-6-23(5,15-8-11-19(4)10-7-9-18(2)3)16-14-20-12-13-21(24)17-22(20)25/h6,9,11-13,17,24-25H,1,7-8,10,14-16H2,2-5H3/b19-11+. The van der Waals surface area contributed by atoms with E-state index in [2.05, 4.69) is 46.4 Å². The third kappa shape index (κ3) is 8.11. The lowest BCUT2D eigenvalue weighted by Gasteiger charge is -2.25. The van der Waals surface area contributed by atoms with E-state index in [1.165, 1.54) is 17.2 Å². The van der Waals surface area contributed by atoms with Gasteiger partial charge in [0.25, 0.3) is 0 Å². The van der Waals surface area contributed by atoms with Gasteiger partial charge in [-0.15, -0.1) is 6.58 Å². The van der Waals surface area contributed by atoms with E-state index in [9.17, 15) is 10.2 Å². The molecular weight excluding hydrogens is 308 g/mol.